The van der Waals surface area contributed by atoms with Crippen LogP contribution in [0.4, 0.5) is 5.82 Å². The zero-order valence-electron chi connectivity index (χ0n) is 7.67. The number of aromatic amines is 1. The number of benzene rings is 1. The molecule has 0 amide bonds. The van der Waals surface area contributed by atoms with Crippen LogP contribution < -0.4 is 5.32 Å². The highest BCUT2D eigenvalue weighted by atomic mass is 15.2. The van der Waals surface area contributed by atoms with E-state index in [0.717, 1.165) is 29.7 Å². The Bertz CT molecular complexity index is 392. The van der Waals surface area contributed by atoms with Gasteiger partial charge in [-0.2, -0.15) is 5.10 Å². The summed E-state index contributed by atoms with van der Waals surface area (Å²) in [4.78, 5) is 0. The van der Waals surface area contributed by atoms with E-state index in [1.54, 1.807) is 0 Å². The van der Waals surface area contributed by atoms with Gasteiger partial charge in [0.2, 0.25) is 0 Å². The van der Waals surface area contributed by atoms with Crippen molar-refractivity contribution in [1.82, 2.24) is 10.2 Å². The maximum Gasteiger partial charge on any atom is 0.155 e. The van der Waals surface area contributed by atoms with Crippen LogP contribution in [0.5, 0.6) is 0 Å². The van der Waals surface area contributed by atoms with Crippen LogP contribution in [0.3, 0.4) is 0 Å². The highest BCUT2D eigenvalue weighted by Crippen LogP contribution is 2.18. The molecule has 0 bridgehead atoms. The van der Waals surface area contributed by atoms with Crippen LogP contribution in [0.15, 0.2) is 24.3 Å². The molecule has 68 valence electrons. The first kappa shape index (κ1) is 8.10. The minimum absolute atomic E-state index is 0.956. The molecular formula is C10H13N3. The van der Waals surface area contributed by atoms with Crippen molar-refractivity contribution in [3.8, 4) is 0 Å². The van der Waals surface area contributed by atoms with E-state index >= 15 is 0 Å². The molecule has 0 aliphatic rings. The fraction of sp³-hybridized carbons (Fsp3) is 0.300. The van der Waals surface area contributed by atoms with Gasteiger partial charge >= 0.3 is 0 Å². The number of nitrogens with zero attached hydrogens (tertiary/aromatic N) is 1. The van der Waals surface area contributed by atoms with Gasteiger partial charge in [0.1, 0.15) is 0 Å². The average molecular weight is 175 g/mol. The van der Waals surface area contributed by atoms with Crippen molar-refractivity contribution in [3.05, 3.63) is 24.3 Å². The Morgan fingerprint density at radius 3 is 3.08 bits per heavy atom. The van der Waals surface area contributed by atoms with Crippen molar-refractivity contribution < 1.29 is 0 Å². The number of hydrogen-bond donors (Lipinski definition) is 2. The first-order chi connectivity index (χ1) is 6.42. The number of aromatic nitrogens is 2. The van der Waals surface area contributed by atoms with Gasteiger partial charge in [0.05, 0.1) is 5.52 Å². The molecule has 0 fully saturated rings. The number of H-pyrrole nitrogens is 1. The molecule has 0 saturated carbocycles. The maximum absolute atomic E-state index is 4.20. The molecule has 1 heterocycles. The summed E-state index contributed by atoms with van der Waals surface area (Å²) in [6, 6.07) is 8.12. The zero-order valence-corrected chi connectivity index (χ0v) is 7.67. The van der Waals surface area contributed by atoms with Crippen molar-refractivity contribution in [2.45, 2.75) is 13.3 Å². The number of para-hydroxylation sites is 1. The topological polar surface area (TPSA) is 40.7 Å². The summed E-state index contributed by atoms with van der Waals surface area (Å²) in [5.74, 6) is 0.956. The van der Waals surface area contributed by atoms with Crippen LogP contribution in [-0.4, -0.2) is 16.7 Å². The molecule has 0 atom stereocenters. The second kappa shape index (κ2) is 3.47. The number of hydrogen-bond acceptors (Lipinski definition) is 2. The van der Waals surface area contributed by atoms with E-state index in [0.29, 0.717) is 0 Å². The summed E-state index contributed by atoms with van der Waals surface area (Å²) in [5, 5.41) is 11.6. The molecule has 1 aromatic heterocycles. The van der Waals surface area contributed by atoms with E-state index in [-0.39, 0.29) is 0 Å². The third-order valence-corrected chi connectivity index (χ3v) is 2.01. The predicted molar refractivity (Wildman–Crippen MR) is 54.9 cm³/mol. The van der Waals surface area contributed by atoms with Crippen LogP contribution in [-0.2, 0) is 0 Å². The second-order valence-corrected chi connectivity index (χ2v) is 3.04. The van der Waals surface area contributed by atoms with Gasteiger partial charge in [-0.15, -0.1) is 0 Å². The quantitative estimate of drug-likeness (QED) is 0.752. The summed E-state index contributed by atoms with van der Waals surface area (Å²) in [7, 11) is 0. The highest BCUT2D eigenvalue weighted by Gasteiger charge is 2.01. The molecule has 13 heavy (non-hydrogen) atoms. The van der Waals surface area contributed by atoms with Crippen molar-refractivity contribution >= 4 is 16.7 Å². The summed E-state index contributed by atoms with van der Waals surface area (Å²) in [5.41, 5.74) is 1.08. The van der Waals surface area contributed by atoms with Crippen molar-refractivity contribution in [1.29, 1.82) is 0 Å². The summed E-state index contributed by atoms with van der Waals surface area (Å²) < 4.78 is 0. The highest BCUT2D eigenvalue weighted by molar-refractivity contribution is 5.89. The van der Waals surface area contributed by atoms with E-state index < -0.39 is 0 Å². The zero-order chi connectivity index (χ0) is 9.10. The number of fused-ring (bicyclic) bond motifs is 1. The maximum atomic E-state index is 4.20. The largest absolute Gasteiger partial charge is 0.368 e. The van der Waals surface area contributed by atoms with Crippen LogP contribution >= 0.6 is 0 Å². The SMILES string of the molecule is CCCNc1n[nH]c2ccccc12. The van der Waals surface area contributed by atoms with Gasteiger partial charge in [-0.1, -0.05) is 19.1 Å². The standard InChI is InChI=1S/C10H13N3/c1-2-7-11-10-8-5-3-4-6-9(8)12-13-10/h3-6H,2,7H2,1H3,(H2,11,12,13). The minimum atomic E-state index is 0.956. The minimum Gasteiger partial charge on any atom is -0.368 e. The van der Waals surface area contributed by atoms with E-state index in [4.69, 9.17) is 0 Å². The van der Waals surface area contributed by atoms with E-state index in [9.17, 15) is 0 Å². The molecular weight excluding hydrogens is 162 g/mol. The van der Waals surface area contributed by atoms with Crippen molar-refractivity contribution in [3.63, 3.8) is 0 Å². The van der Waals surface area contributed by atoms with Gasteiger partial charge < -0.3 is 5.32 Å². The molecule has 1 aromatic carbocycles. The molecule has 0 aliphatic heterocycles. The Balaban J connectivity index is 2.35. The second-order valence-electron chi connectivity index (χ2n) is 3.04. The molecule has 0 saturated heterocycles. The molecule has 0 aliphatic carbocycles. The molecule has 0 spiro atoms. The smallest absolute Gasteiger partial charge is 0.155 e. The molecule has 2 N–H and O–H groups in total. The molecule has 2 aromatic rings. The van der Waals surface area contributed by atoms with Gasteiger partial charge in [-0.25, -0.2) is 0 Å². The van der Waals surface area contributed by atoms with Gasteiger partial charge in [-0.05, 0) is 18.6 Å². The van der Waals surface area contributed by atoms with Crippen LogP contribution in [0.1, 0.15) is 13.3 Å². The molecule has 3 heteroatoms. The lowest BCUT2D eigenvalue weighted by Crippen LogP contribution is -1.99. The van der Waals surface area contributed by atoms with Crippen LogP contribution in [0.25, 0.3) is 10.9 Å². The van der Waals surface area contributed by atoms with Gasteiger partial charge in [0.25, 0.3) is 0 Å². The third kappa shape index (κ3) is 1.49. The molecule has 0 unspecified atom stereocenters. The van der Waals surface area contributed by atoms with Gasteiger partial charge in [-0.3, -0.25) is 5.10 Å². The van der Waals surface area contributed by atoms with Crippen LogP contribution in [0, 0.1) is 0 Å². The molecule has 2 rings (SSSR count). The predicted octanol–water partition coefficient (Wildman–Crippen LogP) is 2.38. The molecule has 0 radical (unpaired) electrons. The monoisotopic (exact) mass is 175 g/mol. The van der Waals surface area contributed by atoms with E-state index in [2.05, 4.69) is 28.5 Å². The fourth-order valence-electron chi connectivity index (χ4n) is 1.34. The lowest BCUT2D eigenvalue weighted by Gasteiger charge is -1.99. The summed E-state index contributed by atoms with van der Waals surface area (Å²) in [6.45, 7) is 3.11. The van der Waals surface area contributed by atoms with Gasteiger partial charge in [0, 0.05) is 11.9 Å². The third-order valence-electron chi connectivity index (χ3n) is 2.01. The Morgan fingerprint density at radius 2 is 2.23 bits per heavy atom. The summed E-state index contributed by atoms with van der Waals surface area (Å²) >= 11 is 0. The summed E-state index contributed by atoms with van der Waals surface area (Å²) in [6.07, 6.45) is 1.11. The normalized spacial score (nSPS) is 10.5. The lowest BCUT2D eigenvalue weighted by atomic mass is 10.2. The fourth-order valence-corrected chi connectivity index (χ4v) is 1.34. The lowest BCUT2D eigenvalue weighted by molar-refractivity contribution is 0.963. The number of nitrogens with one attached hydrogen (secondary N) is 2. The number of rotatable bonds is 3. The number of anilines is 1. The average Bonchev–Trinajstić information content (AvgIpc) is 2.58. The Morgan fingerprint density at radius 1 is 1.38 bits per heavy atom. The Hall–Kier alpha value is -1.51. The van der Waals surface area contributed by atoms with Crippen molar-refractivity contribution in [2.75, 3.05) is 11.9 Å². The van der Waals surface area contributed by atoms with Crippen LogP contribution in [0.2, 0.25) is 0 Å². The van der Waals surface area contributed by atoms with E-state index in [1.807, 2.05) is 18.2 Å². The van der Waals surface area contributed by atoms with E-state index in [1.165, 1.54) is 0 Å². The first-order valence-corrected chi connectivity index (χ1v) is 4.59. The van der Waals surface area contributed by atoms with Crippen molar-refractivity contribution in [2.24, 2.45) is 0 Å². The Labute approximate surface area is 77.2 Å². The Kier molecular flexibility index (Phi) is 2.17. The first-order valence-electron chi connectivity index (χ1n) is 4.59. The molecule has 3 nitrogen and oxygen atoms in total. The van der Waals surface area contributed by atoms with Gasteiger partial charge in [0.15, 0.2) is 5.82 Å².